The van der Waals surface area contributed by atoms with Crippen molar-refractivity contribution in [1.82, 2.24) is 5.32 Å². The van der Waals surface area contributed by atoms with Crippen molar-refractivity contribution in [3.63, 3.8) is 0 Å². The van der Waals surface area contributed by atoms with E-state index in [1.54, 1.807) is 24.3 Å². The molecule has 1 atom stereocenters. The molecule has 6 heteroatoms. The molecule has 1 aromatic rings. The Morgan fingerprint density at radius 1 is 1.16 bits per heavy atom. The molecule has 0 aromatic heterocycles. The molecule has 0 saturated heterocycles. The first-order chi connectivity index (χ1) is 8.93. The van der Waals surface area contributed by atoms with Crippen LogP contribution in [0.5, 0.6) is 0 Å². The molecule has 0 aliphatic heterocycles. The predicted molar refractivity (Wildman–Crippen MR) is 69.7 cm³/mol. The molecule has 19 heavy (non-hydrogen) atoms. The number of hydrogen-bond acceptors (Lipinski definition) is 4. The van der Waals surface area contributed by atoms with Crippen LogP contribution < -0.4 is 10.6 Å². The molecule has 1 aromatic carbocycles. The highest BCUT2D eigenvalue weighted by molar-refractivity contribution is 5.97. The molecule has 0 saturated carbocycles. The minimum absolute atomic E-state index is 0.184. The number of nitrogens with one attached hydrogen (secondary N) is 2. The van der Waals surface area contributed by atoms with Crippen LogP contribution in [-0.2, 0) is 14.3 Å². The predicted octanol–water partition coefficient (Wildman–Crippen LogP) is 0.936. The minimum Gasteiger partial charge on any atom is -0.467 e. The summed E-state index contributed by atoms with van der Waals surface area (Å²) in [4.78, 5) is 33.8. The van der Waals surface area contributed by atoms with Crippen LogP contribution in [0.15, 0.2) is 24.3 Å². The highest BCUT2D eigenvalue weighted by atomic mass is 16.5. The second-order valence-corrected chi connectivity index (χ2v) is 3.98. The maximum absolute atomic E-state index is 11.8. The number of amides is 2. The van der Waals surface area contributed by atoms with Gasteiger partial charge in [-0.05, 0) is 31.2 Å². The number of carbonyl (C=O) groups is 3. The Hall–Kier alpha value is -2.37. The van der Waals surface area contributed by atoms with Crippen LogP contribution in [-0.4, -0.2) is 30.9 Å². The number of ether oxygens (including phenoxy) is 1. The molecule has 0 aliphatic rings. The summed E-state index contributed by atoms with van der Waals surface area (Å²) in [6, 6.07) is 5.63. The quantitative estimate of drug-likeness (QED) is 0.792. The van der Waals surface area contributed by atoms with Gasteiger partial charge in [0.25, 0.3) is 5.91 Å². The average Bonchev–Trinajstić information content (AvgIpc) is 2.37. The van der Waals surface area contributed by atoms with Crippen molar-refractivity contribution in [3.8, 4) is 0 Å². The molecule has 0 spiro atoms. The summed E-state index contributed by atoms with van der Waals surface area (Å²) < 4.78 is 4.51. The molecule has 0 heterocycles. The number of methoxy groups -OCH3 is 1. The summed E-state index contributed by atoms with van der Waals surface area (Å²) in [6.45, 7) is 2.94. The largest absolute Gasteiger partial charge is 0.467 e. The molecule has 0 fully saturated rings. The summed E-state index contributed by atoms with van der Waals surface area (Å²) in [5.41, 5.74) is 0.995. The van der Waals surface area contributed by atoms with Crippen LogP contribution in [0.1, 0.15) is 24.2 Å². The first-order valence-corrected chi connectivity index (χ1v) is 5.70. The lowest BCUT2D eigenvalue weighted by atomic mass is 10.2. The number of esters is 1. The number of rotatable bonds is 4. The van der Waals surface area contributed by atoms with Crippen molar-refractivity contribution in [2.75, 3.05) is 12.4 Å². The second-order valence-electron chi connectivity index (χ2n) is 3.98. The standard InChI is InChI=1S/C13H16N2O4/c1-8(13(18)19-3)14-12(17)10-4-6-11(7-5-10)15-9(2)16/h4-8H,1-3H3,(H,14,17)(H,15,16)/t8-/m1/s1. The number of benzene rings is 1. The van der Waals surface area contributed by atoms with Gasteiger partial charge in [0, 0.05) is 18.2 Å². The molecule has 2 amide bonds. The van der Waals surface area contributed by atoms with Gasteiger partial charge in [0.2, 0.25) is 5.91 Å². The Labute approximate surface area is 111 Å². The van der Waals surface area contributed by atoms with E-state index in [1.807, 2.05) is 0 Å². The zero-order valence-electron chi connectivity index (χ0n) is 11.0. The van der Waals surface area contributed by atoms with E-state index in [4.69, 9.17) is 0 Å². The van der Waals surface area contributed by atoms with E-state index in [2.05, 4.69) is 15.4 Å². The summed E-state index contributed by atoms with van der Waals surface area (Å²) in [5, 5.41) is 5.10. The van der Waals surface area contributed by atoms with E-state index in [9.17, 15) is 14.4 Å². The highest BCUT2D eigenvalue weighted by Gasteiger charge is 2.16. The molecule has 1 rings (SSSR count). The summed E-state index contributed by atoms with van der Waals surface area (Å²) in [6.07, 6.45) is 0. The van der Waals surface area contributed by atoms with Crippen molar-refractivity contribution in [3.05, 3.63) is 29.8 Å². The summed E-state index contributed by atoms with van der Waals surface area (Å²) in [5.74, 6) is -1.08. The van der Waals surface area contributed by atoms with Crippen molar-refractivity contribution >= 4 is 23.5 Å². The third kappa shape index (κ3) is 4.42. The van der Waals surface area contributed by atoms with Gasteiger partial charge in [0.15, 0.2) is 0 Å². The van der Waals surface area contributed by atoms with E-state index < -0.39 is 12.0 Å². The van der Waals surface area contributed by atoms with Crippen LogP contribution in [0.3, 0.4) is 0 Å². The monoisotopic (exact) mass is 264 g/mol. The zero-order valence-corrected chi connectivity index (χ0v) is 11.0. The molecule has 0 unspecified atom stereocenters. The Morgan fingerprint density at radius 2 is 1.74 bits per heavy atom. The molecule has 0 aliphatic carbocycles. The lowest BCUT2D eigenvalue weighted by molar-refractivity contribution is -0.142. The lowest BCUT2D eigenvalue weighted by Crippen LogP contribution is -2.39. The average molecular weight is 264 g/mol. The van der Waals surface area contributed by atoms with Crippen molar-refractivity contribution in [1.29, 1.82) is 0 Å². The van der Waals surface area contributed by atoms with Crippen LogP contribution in [0.25, 0.3) is 0 Å². The van der Waals surface area contributed by atoms with Crippen molar-refractivity contribution in [2.45, 2.75) is 19.9 Å². The van der Waals surface area contributed by atoms with Crippen LogP contribution in [0, 0.1) is 0 Å². The smallest absolute Gasteiger partial charge is 0.328 e. The van der Waals surface area contributed by atoms with Gasteiger partial charge in [-0.3, -0.25) is 9.59 Å². The number of carbonyl (C=O) groups excluding carboxylic acids is 3. The SMILES string of the molecule is COC(=O)[C@@H](C)NC(=O)c1ccc(NC(C)=O)cc1. The van der Waals surface area contributed by atoms with Gasteiger partial charge >= 0.3 is 5.97 Å². The van der Waals surface area contributed by atoms with Gasteiger partial charge < -0.3 is 15.4 Å². The van der Waals surface area contributed by atoms with Crippen LogP contribution in [0.2, 0.25) is 0 Å². The fourth-order valence-corrected chi connectivity index (χ4v) is 1.42. The summed E-state index contributed by atoms with van der Waals surface area (Å²) >= 11 is 0. The van der Waals surface area contributed by atoms with Gasteiger partial charge in [0.05, 0.1) is 7.11 Å². The molecule has 0 bridgehead atoms. The molecule has 2 N–H and O–H groups in total. The Kier molecular flexibility index (Phi) is 5.05. The first-order valence-electron chi connectivity index (χ1n) is 5.70. The fraction of sp³-hybridized carbons (Fsp3) is 0.308. The van der Waals surface area contributed by atoms with Gasteiger partial charge in [0.1, 0.15) is 6.04 Å². The minimum atomic E-state index is -0.715. The van der Waals surface area contributed by atoms with E-state index in [-0.39, 0.29) is 11.8 Å². The number of anilines is 1. The van der Waals surface area contributed by atoms with E-state index in [0.29, 0.717) is 11.3 Å². The summed E-state index contributed by atoms with van der Waals surface area (Å²) in [7, 11) is 1.26. The zero-order chi connectivity index (χ0) is 14.4. The van der Waals surface area contributed by atoms with Crippen LogP contribution >= 0.6 is 0 Å². The van der Waals surface area contributed by atoms with E-state index in [1.165, 1.54) is 21.0 Å². The number of hydrogen-bond donors (Lipinski definition) is 2. The Morgan fingerprint density at radius 3 is 2.21 bits per heavy atom. The van der Waals surface area contributed by atoms with Crippen LogP contribution in [0.4, 0.5) is 5.69 Å². The molecule has 102 valence electrons. The maximum atomic E-state index is 11.8. The fourth-order valence-electron chi connectivity index (χ4n) is 1.42. The van der Waals surface area contributed by atoms with Gasteiger partial charge in [-0.2, -0.15) is 0 Å². The third-order valence-electron chi connectivity index (χ3n) is 2.37. The topological polar surface area (TPSA) is 84.5 Å². The van der Waals surface area contributed by atoms with Crippen molar-refractivity contribution < 1.29 is 19.1 Å². The molecular weight excluding hydrogens is 248 g/mol. The van der Waals surface area contributed by atoms with E-state index in [0.717, 1.165) is 0 Å². The maximum Gasteiger partial charge on any atom is 0.328 e. The van der Waals surface area contributed by atoms with Gasteiger partial charge in [-0.1, -0.05) is 0 Å². The first kappa shape index (κ1) is 14.7. The molecule has 6 nitrogen and oxygen atoms in total. The normalized spacial score (nSPS) is 11.3. The van der Waals surface area contributed by atoms with E-state index >= 15 is 0 Å². The highest BCUT2D eigenvalue weighted by Crippen LogP contribution is 2.09. The molecule has 0 radical (unpaired) electrons. The Balaban J connectivity index is 2.67. The molecular formula is C13H16N2O4. The van der Waals surface area contributed by atoms with Crippen molar-refractivity contribution in [2.24, 2.45) is 0 Å². The van der Waals surface area contributed by atoms with Gasteiger partial charge in [-0.15, -0.1) is 0 Å². The second kappa shape index (κ2) is 6.53. The Bertz CT molecular complexity index is 482. The lowest BCUT2D eigenvalue weighted by Gasteiger charge is -2.11. The third-order valence-corrected chi connectivity index (χ3v) is 2.37. The van der Waals surface area contributed by atoms with Gasteiger partial charge in [-0.25, -0.2) is 4.79 Å².